The summed E-state index contributed by atoms with van der Waals surface area (Å²) in [6, 6.07) is 1.72. The van der Waals surface area contributed by atoms with Gasteiger partial charge in [0.2, 0.25) is 5.91 Å². The molecule has 0 bridgehead atoms. The normalized spacial score (nSPS) is 13.2. The zero-order valence-corrected chi connectivity index (χ0v) is 13.7. The van der Waals surface area contributed by atoms with E-state index < -0.39 is 0 Å². The summed E-state index contributed by atoms with van der Waals surface area (Å²) in [4.78, 5) is 16.1. The van der Waals surface area contributed by atoms with E-state index in [0.717, 1.165) is 6.42 Å². The molecule has 0 radical (unpaired) electrons. The summed E-state index contributed by atoms with van der Waals surface area (Å²) in [6.07, 6.45) is 2.26. The molecule has 0 aliphatic heterocycles. The molecule has 1 aromatic rings. The third-order valence-corrected chi connectivity index (χ3v) is 3.71. The van der Waals surface area contributed by atoms with Gasteiger partial charge in [-0.2, -0.15) is 0 Å². The summed E-state index contributed by atoms with van der Waals surface area (Å²) >= 11 is 9.07. The largest absolute Gasteiger partial charge is 0.330 e. The maximum atomic E-state index is 12.2. The van der Waals surface area contributed by atoms with E-state index in [9.17, 15) is 4.79 Å². The smallest absolute Gasteiger partial charge is 0.228 e. The molecule has 1 unspecified atom stereocenters. The Kier molecular flexibility index (Phi) is 5.77. The van der Waals surface area contributed by atoms with Crippen LogP contribution >= 0.6 is 27.5 Å². The lowest BCUT2D eigenvalue weighted by Crippen LogP contribution is -2.32. The third kappa shape index (κ3) is 5.47. The first-order chi connectivity index (χ1) is 8.73. The van der Waals surface area contributed by atoms with Gasteiger partial charge < -0.3 is 11.1 Å². The Bertz CT molecular complexity index is 460. The standard InChI is InChI=1S/C13H19BrClN3O/c1-13(2,3)5-8(6-16)12(19)18-9-4-10(14)11(15)17-7-9/h4,7-8H,5-6,16H2,1-3H3,(H,18,19). The molecular formula is C13H19BrClN3O. The van der Waals surface area contributed by atoms with Crippen molar-refractivity contribution in [2.45, 2.75) is 27.2 Å². The van der Waals surface area contributed by atoms with Gasteiger partial charge in [0, 0.05) is 6.54 Å². The van der Waals surface area contributed by atoms with Gasteiger partial charge >= 0.3 is 0 Å². The van der Waals surface area contributed by atoms with E-state index in [1.807, 2.05) is 0 Å². The molecule has 3 N–H and O–H groups in total. The lowest BCUT2D eigenvalue weighted by Gasteiger charge is -2.24. The van der Waals surface area contributed by atoms with E-state index in [1.165, 1.54) is 6.20 Å². The maximum absolute atomic E-state index is 12.2. The molecule has 1 atom stereocenters. The molecule has 0 aliphatic carbocycles. The van der Waals surface area contributed by atoms with Gasteiger partial charge in [0.1, 0.15) is 5.15 Å². The fraction of sp³-hybridized carbons (Fsp3) is 0.538. The number of nitrogens with zero attached hydrogens (tertiary/aromatic N) is 1. The molecule has 1 rings (SSSR count). The Labute approximate surface area is 127 Å². The van der Waals surface area contributed by atoms with Crippen LogP contribution in [0.25, 0.3) is 0 Å². The lowest BCUT2D eigenvalue weighted by molar-refractivity contribution is -0.120. The van der Waals surface area contributed by atoms with Gasteiger partial charge in [-0.25, -0.2) is 4.98 Å². The first-order valence-corrected chi connectivity index (χ1v) is 7.22. The number of aromatic nitrogens is 1. The minimum Gasteiger partial charge on any atom is -0.330 e. The Balaban J connectivity index is 2.74. The second-order valence-corrected chi connectivity index (χ2v) is 6.90. The summed E-state index contributed by atoms with van der Waals surface area (Å²) in [5, 5.41) is 3.18. The van der Waals surface area contributed by atoms with Crippen LogP contribution in [0.5, 0.6) is 0 Å². The fourth-order valence-corrected chi connectivity index (χ4v) is 2.21. The van der Waals surface area contributed by atoms with Gasteiger partial charge in [0.05, 0.1) is 22.3 Å². The molecule has 19 heavy (non-hydrogen) atoms. The van der Waals surface area contributed by atoms with E-state index in [-0.39, 0.29) is 17.2 Å². The average molecular weight is 349 g/mol. The van der Waals surface area contributed by atoms with Crippen LogP contribution in [0, 0.1) is 11.3 Å². The SMILES string of the molecule is CC(C)(C)CC(CN)C(=O)Nc1cnc(Cl)c(Br)c1. The van der Waals surface area contributed by atoms with Gasteiger partial charge in [-0.15, -0.1) is 0 Å². The molecule has 0 saturated heterocycles. The van der Waals surface area contributed by atoms with E-state index in [2.05, 4.69) is 47.0 Å². The molecule has 0 fully saturated rings. The van der Waals surface area contributed by atoms with Crippen molar-refractivity contribution < 1.29 is 4.79 Å². The Morgan fingerprint density at radius 2 is 2.21 bits per heavy atom. The number of pyridine rings is 1. The first-order valence-electron chi connectivity index (χ1n) is 6.05. The first kappa shape index (κ1) is 16.4. The summed E-state index contributed by atoms with van der Waals surface area (Å²) < 4.78 is 0.645. The average Bonchev–Trinajstić information content (AvgIpc) is 2.29. The monoisotopic (exact) mass is 347 g/mol. The number of carbonyl (C=O) groups excluding carboxylic acids is 1. The predicted octanol–water partition coefficient (Wildman–Crippen LogP) is 3.45. The minimum atomic E-state index is -0.213. The van der Waals surface area contributed by atoms with Crippen molar-refractivity contribution in [2.24, 2.45) is 17.1 Å². The number of nitrogens with one attached hydrogen (secondary N) is 1. The summed E-state index contributed by atoms with van der Waals surface area (Å²) in [7, 11) is 0. The van der Waals surface area contributed by atoms with Crippen LogP contribution in [-0.4, -0.2) is 17.4 Å². The van der Waals surface area contributed by atoms with Crippen LogP contribution in [0.1, 0.15) is 27.2 Å². The van der Waals surface area contributed by atoms with E-state index in [4.69, 9.17) is 17.3 Å². The van der Waals surface area contributed by atoms with Crippen LogP contribution < -0.4 is 11.1 Å². The highest BCUT2D eigenvalue weighted by atomic mass is 79.9. The number of nitrogens with two attached hydrogens (primary N) is 1. The molecule has 4 nitrogen and oxygen atoms in total. The summed E-state index contributed by atoms with van der Waals surface area (Å²) in [5.41, 5.74) is 6.34. The molecule has 0 aromatic carbocycles. The molecule has 106 valence electrons. The topological polar surface area (TPSA) is 68.0 Å². The highest BCUT2D eigenvalue weighted by Crippen LogP contribution is 2.26. The van der Waals surface area contributed by atoms with E-state index >= 15 is 0 Å². The quantitative estimate of drug-likeness (QED) is 0.819. The molecule has 6 heteroatoms. The van der Waals surface area contributed by atoms with Crippen LogP contribution in [0.15, 0.2) is 16.7 Å². The molecule has 0 saturated carbocycles. The predicted molar refractivity (Wildman–Crippen MR) is 82.2 cm³/mol. The summed E-state index contributed by atoms with van der Waals surface area (Å²) in [5.74, 6) is -0.303. The van der Waals surface area contributed by atoms with Crippen molar-refractivity contribution in [3.05, 3.63) is 21.9 Å². The van der Waals surface area contributed by atoms with Crippen molar-refractivity contribution in [1.82, 2.24) is 4.98 Å². The number of halogens is 2. The number of carbonyl (C=O) groups is 1. The van der Waals surface area contributed by atoms with Crippen LogP contribution in [0.4, 0.5) is 5.69 Å². The Morgan fingerprint density at radius 1 is 1.58 bits per heavy atom. The number of hydrogen-bond acceptors (Lipinski definition) is 3. The molecule has 0 aliphatic rings. The highest BCUT2D eigenvalue weighted by molar-refractivity contribution is 9.10. The molecule has 0 spiro atoms. The van der Waals surface area contributed by atoms with Gasteiger partial charge in [-0.1, -0.05) is 32.4 Å². The van der Waals surface area contributed by atoms with Crippen LogP contribution in [0.2, 0.25) is 5.15 Å². The molecule has 1 heterocycles. The lowest BCUT2D eigenvalue weighted by atomic mass is 9.84. The summed E-state index contributed by atoms with van der Waals surface area (Å²) in [6.45, 7) is 6.58. The van der Waals surface area contributed by atoms with Gasteiger partial charge in [-0.05, 0) is 33.8 Å². The van der Waals surface area contributed by atoms with Crippen molar-refractivity contribution in [1.29, 1.82) is 0 Å². The fourth-order valence-electron chi connectivity index (χ4n) is 1.76. The van der Waals surface area contributed by atoms with Gasteiger partial charge in [-0.3, -0.25) is 4.79 Å². The number of amides is 1. The second kappa shape index (κ2) is 6.68. The van der Waals surface area contributed by atoms with Crippen molar-refractivity contribution in [3.8, 4) is 0 Å². The third-order valence-electron chi connectivity index (χ3n) is 2.58. The van der Waals surface area contributed by atoms with E-state index in [1.54, 1.807) is 6.07 Å². The Hall–Kier alpha value is -0.650. The zero-order chi connectivity index (χ0) is 14.6. The highest BCUT2D eigenvalue weighted by Gasteiger charge is 2.23. The van der Waals surface area contributed by atoms with Crippen molar-refractivity contribution in [2.75, 3.05) is 11.9 Å². The van der Waals surface area contributed by atoms with Crippen LogP contribution in [0.3, 0.4) is 0 Å². The Morgan fingerprint density at radius 3 is 2.68 bits per heavy atom. The number of hydrogen-bond donors (Lipinski definition) is 2. The molecule has 1 aromatic heterocycles. The number of anilines is 1. The van der Waals surface area contributed by atoms with Gasteiger partial charge in [0.15, 0.2) is 0 Å². The number of rotatable bonds is 4. The second-order valence-electron chi connectivity index (χ2n) is 5.68. The van der Waals surface area contributed by atoms with E-state index in [0.29, 0.717) is 21.9 Å². The minimum absolute atomic E-state index is 0.0558. The zero-order valence-electron chi connectivity index (χ0n) is 11.3. The van der Waals surface area contributed by atoms with Crippen molar-refractivity contribution >= 4 is 39.1 Å². The molecule has 1 amide bonds. The molecular weight excluding hydrogens is 330 g/mol. The van der Waals surface area contributed by atoms with Crippen molar-refractivity contribution in [3.63, 3.8) is 0 Å². The van der Waals surface area contributed by atoms with Gasteiger partial charge in [0.25, 0.3) is 0 Å². The van der Waals surface area contributed by atoms with Crippen LogP contribution in [-0.2, 0) is 4.79 Å². The maximum Gasteiger partial charge on any atom is 0.228 e.